The molecule has 5 nitrogen and oxygen atoms in total. The summed E-state index contributed by atoms with van der Waals surface area (Å²) in [5.41, 5.74) is 1.17. The minimum atomic E-state index is -0.351. The number of phenols is 1. The number of nitrogens with zero attached hydrogens (tertiary/aromatic N) is 1. The van der Waals surface area contributed by atoms with Gasteiger partial charge in [-0.2, -0.15) is 0 Å². The maximum absolute atomic E-state index is 12.1. The summed E-state index contributed by atoms with van der Waals surface area (Å²) in [5, 5.41) is 13.3. The van der Waals surface area contributed by atoms with Crippen molar-refractivity contribution in [1.82, 2.24) is 10.3 Å². The lowest BCUT2D eigenvalue weighted by Gasteiger charge is -2.04. The van der Waals surface area contributed by atoms with Crippen LogP contribution in [-0.4, -0.2) is 16.0 Å². The highest BCUT2D eigenvalue weighted by Crippen LogP contribution is 2.31. The van der Waals surface area contributed by atoms with Gasteiger partial charge in [-0.05, 0) is 36.4 Å². The summed E-state index contributed by atoms with van der Waals surface area (Å²) in [5.74, 6) is 0.900. The Kier molecular flexibility index (Phi) is 3.95. The lowest BCUT2D eigenvalue weighted by Crippen LogP contribution is -2.22. The average Bonchev–Trinajstić information content (AvgIpc) is 3.26. The van der Waals surface area contributed by atoms with Crippen molar-refractivity contribution in [3.8, 4) is 16.5 Å². The Bertz CT molecular complexity index is 1020. The van der Waals surface area contributed by atoms with Crippen molar-refractivity contribution >= 4 is 27.5 Å². The van der Waals surface area contributed by atoms with Crippen LogP contribution in [0.25, 0.3) is 21.0 Å². The third-order valence-corrected chi connectivity index (χ3v) is 4.79. The number of rotatable bonds is 4. The standard InChI is InChI=1S/C19H14N2O3S/c22-15-7-3-1-5-13(15)18(23)20-11-12-9-10-16(24-12)19-21-14-6-2-4-8-17(14)25-19/h1-10,22H,11H2,(H,20,23). The number of phenolic OH excluding ortho intramolecular Hbond substituents is 1. The fourth-order valence-electron chi connectivity index (χ4n) is 2.49. The van der Waals surface area contributed by atoms with E-state index in [1.54, 1.807) is 29.5 Å². The summed E-state index contributed by atoms with van der Waals surface area (Å²) in [7, 11) is 0. The number of hydrogen-bond acceptors (Lipinski definition) is 5. The summed E-state index contributed by atoms with van der Waals surface area (Å²) in [4.78, 5) is 16.7. The van der Waals surface area contributed by atoms with Gasteiger partial charge in [0.25, 0.3) is 5.91 Å². The molecule has 2 aromatic carbocycles. The van der Waals surface area contributed by atoms with E-state index in [1.165, 1.54) is 6.07 Å². The van der Waals surface area contributed by atoms with Crippen LogP contribution >= 0.6 is 11.3 Å². The van der Waals surface area contributed by atoms with Gasteiger partial charge < -0.3 is 14.8 Å². The van der Waals surface area contributed by atoms with Crippen LogP contribution in [0.1, 0.15) is 16.1 Å². The van der Waals surface area contributed by atoms with Crippen LogP contribution < -0.4 is 5.32 Å². The number of benzene rings is 2. The molecule has 0 aliphatic carbocycles. The Labute approximate surface area is 147 Å². The highest BCUT2D eigenvalue weighted by atomic mass is 32.1. The predicted molar refractivity (Wildman–Crippen MR) is 96.6 cm³/mol. The van der Waals surface area contributed by atoms with E-state index in [9.17, 15) is 9.90 Å². The molecule has 0 saturated carbocycles. The third kappa shape index (κ3) is 3.12. The van der Waals surface area contributed by atoms with E-state index >= 15 is 0 Å². The smallest absolute Gasteiger partial charge is 0.255 e. The van der Waals surface area contributed by atoms with E-state index in [1.807, 2.05) is 36.4 Å². The first-order valence-electron chi connectivity index (χ1n) is 7.71. The Balaban J connectivity index is 1.48. The Hall–Kier alpha value is -3.12. The van der Waals surface area contributed by atoms with Gasteiger partial charge in [-0.15, -0.1) is 11.3 Å². The SMILES string of the molecule is O=C(NCc1ccc(-c2nc3ccccc3s2)o1)c1ccccc1O. The van der Waals surface area contributed by atoms with E-state index in [0.29, 0.717) is 11.5 Å². The minimum absolute atomic E-state index is 0.0467. The van der Waals surface area contributed by atoms with E-state index < -0.39 is 0 Å². The summed E-state index contributed by atoms with van der Waals surface area (Å²) >= 11 is 1.56. The zero-order valence-corrected chi connectivity index (χ0v) is 13.9. The van der Waals surface area contributed by atoms with Gasteiger partial charge >= 0.3 is 0 Å². The molecule has 25 heavy (non-hydrogen) atoms. The first-order chi connectivity index (χ1) is 12.2. The number of aromatic hydroxyl groups is 1. The van der Waals surface area contributed by atoms with Crippen molar-refractivity contribution in [3.63, 3.8) is 0 Å². The number of hydrogen-bond donors (Lipinski definition) is 2. The molecule has 0 saturated heterocycles. The zero-order chi connectivity index (χ0) is 17.2. The number of amides is 1. The monoisotopic (exact) mass is 350 g/mol. The average molecular weight is 350 g/mol. The summed E-state index contributed by atoms with van der Waals surface area (Å²) in [6.45, 7) is 0.234. The van der Waals surface area contributed by atoms with E-state index in [2.05, 4.69) is 10.3 Å². The van der Waals surface area contributed by atoms with Crippen molar-refractivity contribution in [2.75, 3.05) is 0 Å². The molecule has 0 fully saturated rings. The maximum atomic E-state index is 12.1. The number of para-hydroxylation sites is 2. The summed E-state index contributed by atoms with van der Waals surface area (Å²) in [6, 6.07) is 18.0. The quantitative estimate of drug-likeness (QED) is 0.579. The molecule has 0 bridgehead atoms. The van der Waals surface area contributed by atoms with Crippen molar-refractivity contribution in [3.05, 3.63) is 72.0 Å². The molecule has 4 rings (SSSR count). The molecule has 124 valence electrons. The Morgan fingerprint density at radius 3 is 2.72 bits per heavy atom. The molecule has 0 aliphatic heterocycles. The molecule has 0 spiro atoms. The topological polar surface area (TPSA) is 75.4 Å². The van der Waals surface area contributed by atoms with Gasteiger partial charge in [-0.3, -0.25) is 4.79 Å². The van der Waals surface area contributed by atoms with Crippen molar-refractivity contribution in [2.24, 2.45) is 0 Å². The van der Waals surface area contributed by atoms with Crippen LogP contribution in [0.5, 0.6) is 5.75 Å². The number of nitrogens with one attached hydrogen (secondary N) is 1. The Morgan fingerprint density at radius 1 is 1.08 bits per heavy atom. The van der Waals surface area contributed by atoms with Crippen LogP contribution in [0.2, 0.25) is 0 Å². The lowest BCUT2D eigenvalue weighted by molar-refractivity contribution is 0.0945. The largest absolute Gasteiger partial charge is 0.507 e. The van der Waals surface area contributed by atoms with Gasteiger partial charge in [0.2, 0.25) is 0 Å². The second kappa shape index (κ2) is 6.41. The second-order valence-corrected chi connectivity index (χ2v) is 6.48. The van der Waals surface area contributed by atoms with Gasteiger partial charge in [-0.25, -0.2) is 4.98 Å². The number of aromatic nitrogens is 1. The van der Waals surface area contributed by atoms with Gasteiger partial charge in [0.05, 0.1) is 22.3 Å². The summed E-state index contributed by atoms with van der Waals surface area (Å²) in [6.07, 6.45) is 0. The van der Waals surface area contributed by atoms with Gasteiger partial charge in [0.15, 0.2) is 10.8 Å². The molecule has 0 radical (unpaired) electrons. The van der Waals surface area contributed by atoms with Crippen LogP contribution in [-0.2, 0) is 6.54 Å². The van der Waals surface area contributed by atoms with Crippen LogP contribution in [0, 0.1) is 0 Å². The maximum Gasteiger partial charge on any atom is 0.255 e. The van der Waals surface area contributed by atoms with E-state index in [4.69, 9.17) is 4.42 Å². The van der Waals surface area contributed by atoms with Crippen LogP contribution in [0.4, 0.5) is 0 Å². The zero-order valence-electron chi connectivity index (χ0n) is 13.1. The number of furan rings is 1. The second-order valence-electron chi connectivity index (χ2n) is 5.45. The molecule has 2 N–H and O–H groups in total. The number of carbonyl (C=O) groups excluding carboxylic acids is 1. The van der Waals surface area contributed by atoms with E-state index in [-0.39, 0.29) is 23.8 Å². The first kappa shape index (κ1) is 15.4. The lowest BCUT2D eigenvalue weighted by atomic mass is 10.2. The number of carbonyl (C=O) groups is 1. The highest BCUT2D eigenvalue weighted by Gasteiger charge is 2.13. The van der Waals surface area contributed by atoms with Crippen molar-refractivity contribution in [1.29, 1.82) is 0 Å². The molecular weight excluding hydrogens is 336 g/mol. The number of fused-ring (bicyclic) bond motifs is 1. The molecule has 0 unspecified atom stereocenters. The van der Waals surface area contributed by atoms with E-state index in [0.717, 1.165) is 15.2 Å². The van der Waals surface area contributed by atoms with Crippen LogP contribution in [0.15, 0.2) is 65.1 Å². The van der Waals surface area contributed by atoms with Crippen molar-refractivity contribution < 1.29 is 14.3 Å². The van der Waals surface area contributed by atoms with Gasteiger partial charge in [-0.1, -0.05) is 24.3 Å². The summed E-state index contributed by atoms with van der Waals surface area (Å²) < 4.78 is 6.89. The van der Waals surface area contributed by atoms with Gasteiger partial charge in [0.1, 0.15) is 11.5 Å². The molecule has 6 heteroatoms. The fourth-order valence-corrected chi connectivity index (χ4v) is 3.42. The molecule has 0 aliphatic rings. The van der Waals surface area contributed by atoms with Gasteiger partial charge in [0, 0.05) is 0 Å². The first-order valence-corrected chi connectivity index (χ1v) is 8.53. The highest BCUT2D eigenvalue weighted by molar-refractivity contribution is 7.21. The molecule has 4 aromatic rings. The normalized spacial score (nSPS) is 10.9. The fraction of sp³-hybridized carbons (Fsp3) is 0.0526. The molecule has 2 heterocycles. The molecular formula is C19H14N2O3S. The predicted octanol–water partition coefficient (Wildman–Crippen LogP) is 4.19. The molecule has 1 amide bonds. The molecule has 0 atom stereocenters. The third-order valence-electron chi connectivity index (χ3n) is 3.74. The minimum Gasteiger partial charge on any atom is -0.507 e. The Morgan fingerprint density at radius 2 is 1.88 bits per heavy atom. The van der Waals surface area contributed by atoms with Crippen molar-refractivity contribution in [2.45, 2.75) is 6.54 Å². The molecule has 2 aromatic heterocycles. The van der Waals surface area contributed by atoms with Crippen LogP contribution in [0.3, 0.4) is 0 Å². The number of thiazole rings is 1.